The van der Waals surface area contributed by atoms with Crippen molar-refractivity contribution >= 4 is 48.1 Å². The number of alkyl carbamates (subject to hydrolysis) is 2. The number of methoxy groups -OCH3 is 2. The summed E-state index contributed by atoms with van der Waals surface area (Å²) in [4.78, 5) is 71.8. The van der Waals surface area contributed by atoms with Crippen molar-refractivity contribution in [3.8, 4) is 0 Å². The van der Waals surface area contributed by atoms with E-state index in [2.05, 4.69) is 91.4 Å². The van der Waals surface area contributed by atoms with Gasteiger partial charge < -0.3 is 45.3 Å². The molecular weight excluding hydrogens is 825 g/mol. The van der Waals surface area contributed by atoms with E-state index in [9.17, 15) is 28.8 Å². The van der Waals surface area contributed by atoms with Gasteiger partial charge in [-0.05, 0) is 133 Å². The van der Waals surface area contributed by atoms with Crippen LogP contribution in [0.15, 0.2) is 72.8 Å². The Bertz CT molecular complexity index is 2020. The average molecular weight is 895 g/mol. The van der Waals surface area contributed by atoms with E-state index >= 15 is 0 Å². The van der Waals surface area contributed by atoms with Crippen LogP contribution in [0.1, 0.15) is 125 Å². The number of likely N-dealkylation sites (tertiary alicyclic amines) is 2. The van der Waals surface area contributed by atoms with Crippen LogP contribution in [0.4, 0.5) is 21.0 Å². The molecule has 4 fully saturated rings. The normalized spacial score (nSPS) is 20.9. The number of aldehydes is 1. The molecule has 5 amide bonds. The van der Waals surface area contributed by atoms with Gasteiger partial charge in [0.2, 0.25) is 18.2 Å². The van der Waals surface area contributed by atoms with Gasteiger partial charge in [0, 0.05) is 38.1 Å². The maximum atomic E-state index is 12.3. The summed E-state index contributed by atoms with van der Waals surface area (Å²) in [7, 11) is 4.52. The monoisotopic (exact) mass is 895 g/mol. The molecular formula is C51H70N6O8. The first-order chi connectivity index (χ1) is 31.3. The van der Waals surface area contributed by atoms with E-state index in [-0.39, 0.29) is 29.7 Å². The second-order valence-electron chi connectivity index (χ2n) is 18.1. The van der Waals surface area contributed by atoms with Gasteiger partial charge in [-0.15, -0.1) is 0 Å². The third-order valence-electron chi connectivity index (χ3n) is 13.2. The zero-order chi connectivity index (χ0) is 47.0. The highest BCUT2D eigenvalue weighted by molar-refractivity contribution is 5.88. The Kier molecular flexibility index (Phi) is 18.8. The molecule has 2 aliphatic carbocycles. The fourth-order valence-corrected chi connectivity index (χ4v) is 9.33. The minimum atomic E-state index is -0.655. The number of ether oxygens (including phenoxy) is 2. The number of amides is 5. The van der Waals surface area contributed by atoms with E-state index in [1.807, 2.05) is 46.9 Å². The van der Waals surface area contributed by atoms with E-state index < -0.39 is 24.3 Å². The molecule has 2 saturated heterocycles. The van der Waals surface area contributed by atoms with E-state index in [1.165, 1.54) is 67.1 Å². The van der Waals surface area contributed by atoms with Crippen LogP contribution in [0.2, 0.25) is 0 Å². The molecule has 5 unspecified atom stereocenters. The molecule has 14 heteroatoms. The van der Waals surface area contributed by atoms with Crippen LogP contribution in [0.5, 0.6) is 0 Å². The standard InChI is InChI=1S/C28H30N2O.C12H20N2O4.C11H20N2O3/c1-29-24-12-8-21(9-13-24)26-16-17-27(22-10-14-25(15-11-22)30-18-31)28(26)23-6-4-20(5-7-23)19-2-3-19;1-8(2)10(13-12(17)18-3)11(16)14-6-4-5-9(14)7-15;1-8(2)9(12-11(15)16-3)10(14)13-6-4-5-7-13/h4-15,18-19,26-29H,2-3,16-17H2,1H3,(H,30,31);7-10H,4-6H2,1-3H3,(H,13,17);8-9H,4-7H2,1-3H3,(H,12,15)/t;9-,10?;/m.0./s1. The Labute approximate surface area is 384 Å². The summed E-state index contributed by atoms with van der Waals surface area (Å²) < 4.78 is 9.03. The van der Waals surface area contributed by atoms with Crippen LogP contribution in [0.3, 0.4) is 0 Å². The maximum Gasteiger partial charge on any atom is 0.407 e. The van der Waals surface area contributed by atoms with Crippen molar-refractivity contribution in [1.82, 2.24) is 20.4 Å². The number of nitrogens with zero attached hydrogens (tertiary/aromatic N) is 2. The number of nitrogens with one attached hydrogen (secondary N) is 4. The summed E-state index contributed by atoms with van der Waals surface area (Å²) in [5, 5.41) is 11.1. The molecule has 2 heterocycles. The predicted molar refractivity (Wildman–Crippen MR) is 253 cm³/mol. The van der Waals surface area contributed by atoms with Gasteiger partial charge in [-0.3, -0.25) is 14.4 Å². The Balaban J connectivity index is 0.000000200. The van der Waals surface area contributed by atoms with Gasteiger partial charge in [0.1, 0.15) is 18.4 Å². The first-order valence-electron chi connectivity index (χ1n) is 23.2. The topological polar surface area (TPSA) is 175 Å². The summed E-state index contributed by atoms with van der Waals surface area (Å²) in [5.74, 6) is 2.01. The number of hydrogen-bond acceptors (Lipinski definition) is 9. The van der Waals surface area contributed by atoms with Crippen molar-refractivity contribution in [1.29, 1.82) is 0 Å². The van der Waals surface area contributed by atoms with E-state index in [0.717, 1.165) is 62.3 Å². The third-order valence-corrected chi connectivity index (χ3v) is 13.2. The van der Waals surface area contributed by atoms with Crippen molar-refractivity contribution in [3.63, 3.8) is 0 Å². The van der Waals surface area contributed by atoms with Gasteiger partial charge in [-0.1, -0.05) is 76.2 Å². The van der Waals surface area contributed by atoms with E-state index in [1.54, 1.807) is 4.90 Å². The van der Waals surface area contributed by atoms with E-state index in [0.29, 0.717) is 30.7 Å². The molecule has 4 N–H and O–H groups in total. The highest BCUT2D eigenvalue weighted by Gasteiger charge is 2.39. The lowest BCUT2D eigenvalue weighted by Crippen LogP contribution is -2.52. The molecule has 0 spiro atoms. The molecule has 2 saturated carbocycles. The molecule has 4 aliphatic rings. The number of hydrogen-bond donors (Lipinski definition) is 4. The van der Waals surface area contributed by atoms with Gasteiger partial charge in [-0.25, -0.2) is 9.59 Å². The molecule has 3 aromatic carbocycles. The van der Waals surface area contributed by atoms with Crippen LogP contribution in [0, 0.1) is 11.8 Å². The third kappa shape index (κ3) is 13.6. The summed E-state index contributed by atoms with van der Waals surface area (Å²) in [5.41, 5.74) is 7.74. The zero-order valence-electron chi connectivity index (χ0n) is 39.2. The minimum Gasteiger partial charge on any atom is -0.453 e. The summed E-state index contributed by atoms with van der Waals surface area (Å²) >= 11 is 0. The van der Waals surface area contributed by atoms with Crippen LogP contribution in [0.25, 0.3) is 0 Å². The second-order valence-corrected chi connectivity index (χ2v) is 18.1. The van der Waals surface area contributed by atoms with Crippen LogP contribution >= 0.6 is 0 Å². The maximum absolute atomic E-state index is 12.3. The molecule has 0 bridgehead atoms. The zero-order valence-corrected chi connectivity index (χ0v) is 39.2. The number of carbonyl (C=O) groups excluding carboxylic acids is 6. The predicted octanol–water partition coefficient (Wildman–Crippen LogP) is 8.17. The molecule has 3 aromatic rings. The molecule has 0 radical (unpaired) electrons. The first kappa shape index (κ1) is 50.1. The van der Waals surface area contributed by atoms with Gasteiger partial charge in [0.25, 0.3) is 0 Å². The summed E-state index contributed by atoms with van der Waals surface area (Å²) in [6.45, 7) is 9.66. The first-order valence-corrected chi connectivity index (χ1v) is 23.2. The molecule has 2 aliphatic heterocycles. The quantitative estimate of drug-likeness (QED) is 0.116. The largest absolute Gasteiger partial charge is 0.453 e. The van der Waals surface area contributed by atoms with Crippen LogP contribution < -0.4 is 21.3 Å². The Morgan fingerprint density at radius 2 is 1.08 bits per heavy atom. The highest BCUT2D eigenvalue weighted by Crippen LogP contribution is 2.54. The molecule has 352 valence electrons. The van der Waals surface area contributed by atoms with Gasteiger partial charge in [0.05, 0.1) is 20.3 Å². The number of carbonyl (C=O) groups is 6. The number of benzene rings is 3. The SMILES string of the molecule is CNc1ccc(C2CCC(c3ccc(NC=O)cc3)C2c2ccc(C3CC3)cc2)cc1.COC(=O)NC(C(=O)N1CCCC1)C(C)C.COC(=O)NC(C(=O)N1CCC[C@H]1C=O)C(C)C. The van der Waals surface area contributed by atoms with Gasteiger partial charge >= 0.3 is 12.2 Å². The average Bonchev–Trinajstić information content (AvgIpc) is 3.64. The Morgan fingerprint density at radius 1 is 0.600 bits per heavy atom. The number of anilines is 2. The van der Waals surface area contributed by atoms with Crippen LogP contribution in [-0.2, 0) is 28.7 Å². The fourth-order valence-electron chi connectivity index (χ4n) is 9.33. The summed E-state index contributed by atoms with van der Waals surface area (Å²) in [6.07, 6.45) is 9.00. The van der Waals surface area contributed by atoms with Crippen LogP contribution in [-0.4, -0.2) is 106 Å². The minimum absolute atomic E-state index is 0.00194. The van der Waals surface area contributed by atoms with Crippen molar-refractivity contribution in [2.24, 2.45) is 11.8 Å². The second kappa shape index (κ2) is 24.4. The van der Waals surface area contributed by atoms with E-state index in [4.69, 9.17) is 0 Å². The summed E-state index contributed by atoms with van der Waals surface area (Å²) in [6, 6.07) is 25.4. The smallest absolute Gasteiger partial charge is 0.407 e. The van der Waals surface area contributed by atoms with Crippen molar-refractivity contribution in [2.45, 2.75) is 121 Å². The molecule has 0 aromatic heterocycles. The van der Waals surface area contributed by atoms with Gasteiger partial charge in [-0.2, -0.15) is 0 Å². The molecule has 7 rings (SSSR count). The van der Waals surface area contributed by atoms with Crippen molar-refractivity contribution < 1.29 is 38.2 Å². The lowest BCUT2D eigenvalue weighted by atomic mass is 9.77. The lowest BCUT2D eigenvalue weighted by Gasteiger charge is -2.28. The fraction of sp³-hybridized carbons (Fsp3) is 0.529. The Hall–Kier alpha value is -5.92. The molecule has 14 nitrogen and oxygen atoms in total. The highest BCUT2D eigenvalue weighted by atomic mass is 16.5. The Morgan fingerprint density at radius 3 is 1.52 bits per heavy atom. The molecule has 6 atom stereocenters. The van der Waals surface area contributed by atoms with Gasteiger partial charge in [0.15, 0.2) is 0 Å². The molecule has 65 heavy (non-hydrogen) atoms. The van der Waals surface area contributed by atoms with Crippen molar-refractivity contribution in [2.75, 3.05) is 51.5 Å². The number of rotatable bonds is 14. The van der Waals surface area contributed by atoms with Crippen molar-refractivity contribution in [3.05, 3.63) is 95.1 Å². The lowest BCUT2D eigenvalue weighted by molar-refractivity contribution is -0.137.